The number of rotatable bonds is 3. The van der Waals surface area contributed by atoms with Crippen LogP contribution in [0.2, 0.25) is 0 Å². The molecule has 1 fully saturated rings. The molecular weight excluding hydrogens is 164 g/mol. The van der Waals surface area contributed by atoms with E-state index in [2.05, 4.69) is 24.5 Å². The molecule has 1 aliphatic rings. The van der Waals surface area contributed by atoms with E-state index in [1.54, 1.807) is 0 Å². The van der Waals surface area contributed by atoms with E-state index < -0.39 is 0 Å². The standard InChI is InChI=1S/C10H20N2O/c1-4-5-11-10(13)12-9-6-7(2)8(9)3/h7-9H,4-6H2,1-3H3,(H2,11,12,13). The normalized spacial score (nSPS) is 32.1. The summed E-state index contributed by atoms with van der Waals surface area (Å²) in [6, 6.07) is 0.387. The molecule has 3 heteroatoms. The molecule has 1 rings (SSSR count). The summed E-state index contributed by atoms with van der Waals surface area (Å²) in [6.45, 7) is 7.24. The van der Waals surface area contributed by atoms with Crippen LogP contribution < -0.4 is 10.6 Å². The van der Waals surface area contributed by atoms with Crippen LogP contribution in [0.15, 0.2) is 0 Å². The van der Waals surface area contributed by atoms with Crippen molar-refractivity contribution in [3.63, 3.8) is 0 Å². The van der Waals surface area contributed by atoms with E-state index in [1.807, 2.05) is 6.92 Å². The van der Waals surface area contributed by atoms with Gasteiger partial charge in [0.2, 0.25) is 0 Å². The van der Waals surface area contributed by atoms with Gasteiger partial charge in [-0.25, -0.2) is 4.79 Å². The maximum absolute atomic E-state index is 11.2. The molecule has 76 valence electrons. The summed E-state index contributed by atoms with van der Waals surface area (Å²) in [5.41, 5.74) is 0. The monoisotopic (exact) mass is 184 g/mol. The molecule has 0 saturated heterocycles. The van der Waals surface area contributed by atoms with Crippen molar-refractivity contribution >= 4 is 6.03 Å². The van der Waals surface area contributed by atoms with Gasteiger partial charge in [0.25, 0.3) is 0 Å². The molecule has 3 atom stereocenters. The third-order valence-electron chi connectivity index (χ3n) is 3.01. The molecular formula is C10H20N2O. The Balaban J connectivity index is 2.15. The predicted molar refractivity (Wildman–Crippen MR) is 53.6 cm³/mol. The molecule has 2 amide bonds. The van der Waals surface area contributed by atoms with E-state index in [4.69, 9.17) is 0 Å². The van der Waals surface area contributed by atoms with Crippen molar-refractivity contribution in [3.05, 3.63) is 0 Å². The molecule has 0 aliphatic heterocycles. The summed E-state index contributed by atoms with van der Waals surface area (Å²) >= 11 is 0. The fraction of sp³-hybridized carbons (Fsp3) is 0.900. The second kappa shape index (κ2) is 4.49. The molecule has 13 heavy (non-hydrogen) atoms. The topological polar surface area (TPSA) is 41.1 Å². The van der Waals surface area contributed by atoms with Gasteiger partial charge in [0.15, 0.2) is 0 Å². The fourth-order valence-electron chi connectivity index (χ4n) is 1.68. The zero-order valence-electron chi connectivity index (χ0n) is 8.76. The Morgan fingerprint density at radius 2 is 2.15 bits per heavy atom. The Kier molecular flexibility index (Phi) is 3.58. The molecule has 1 aliphatic carbocycles. The van der Waals surface area contributed by atoms with E-state index in [9.17, 15) is 4.79 Å². The van der Waals surface area contributed by atoms with Gasteiger partial charge in [-0.15, -0.1) is 0 Å². The van der Waals surface area contributed by atoms with Crippen LogP contribution in [0.4, 0.5) is 4.79 Å². The van der Waals surface area contributed by atoms with Crippen molar-refractivity contribution in [1.82, 2.24) is 10.6 Å². The van der Waals surface area contributed by atoms with Gasteiger partial charge in [-0.3, -0.25) is 0 Å². The zero-order chi connectivity index (χ0) is 9.84. The molecule has 0 heterocycles. The highest BCUT2D eigenvalue weighted by molar-refractivity contribution is 5.74. The lowest BCUT2D eigenvalue weighted by molar-refractivity contribution is 0.140. The molecule has 0 spiro atoms. The summed E-state index contributed by atoms with van der Waals surface area (Å²) < 4.78 is 0. The van der Waals surface area contributed by atoms with Gasteiger partial charge in [-0.1, -0.05) is 20.8 Å². The van der Waals surface area contributed by atoms with Crippen LogP contribution in [0.3, 0.4) is 0 Å². The van der Waals surface area contributed by atoms with Crippen LogP contribution >= 0.6 is 0 Å². The Morgan fingerprint density at radius 1 is 1.46 bits per heavy atom. The second-order valence-corrected chi connectivity index (χ2v) is 4.08. The van der Waals surface area contributed by atoms with E-state index in [1.165, 1.54) is 0 Å². The first kappa shape index (κ1) is 10.4. The van der Waals surface area contributed by atoms with Crippen LogP contribution in [-0.2, 0) is 0 Å². The number of hydrogen-bond donors (Lipinski definition) is 2. The van der Waals surface area contributed by atoms with Crippen LogP contribution in [0, 0.1) is 11.8 Å². The maximum atomic E-state index is 11.2. The van der Waals surface area contributed by atoms with Gasteiger partial charge in [-0.05, 0) is 24.7 Å². The lowest BCUT2D eigenvalue weighted by Gasteiger charge is -2.41. The van der Waals surface area contributed by atoms with Gasteiger partial charge in [0.05, 0.1) is 0 Å². The second-order valence-electron chi connectivity index (χ2n) is 4.08. The lowest BCUT2D eigenvalue weighted by Crippen LogP contribution is -2.53. The van der Waals surface area contributed by atoms with E-state index >= 15 is 0 Å². The van der Waals surface area contributed by atoms with Gasteiger partial charge < -0.3 is 10.6 Å². The van der Waals surface area contributed by atoms with E-state index in [0.29, 0.717) is 12.0 Å². The Bertz CT molecular complexity index is 182. The summed E-state index contributed by atoms with van der Waals surface area (Å²) in [5.74, 6) is 1.39. The first-order chi connectivity index (χ1) is 6.15. The number of hydrogen-bond acceptors (Lipinski definition) is 1. The molecule has 1 saturated carbocycles. The number of nitrogens with one attached hydrogen (secondary N) is 2. The quantitative estimate of drug-likeness (QED) is 0.689. The van der Waals surface area contributed by atoms with E-state index in [-0.39, 0.29) is 6.03 Å². The van der Waals surface area contributed by atoms with Crippen LogP contribution in [0.25, 0.3) is 0 Å². The van der Waals surface area contributed by atoms with Crippen molar-refractivity contribution in [1.29, 1.82) is 0 Å². The van der Waals surface area contributed by atoms with Crippen molar-refractivity contribution in [2.24, 2.45) is 11.8 Å². The smallest absolute Gasteiger partial charge is 0.315 e. The predicted octanol–water partition coefficient (Wildman–Crippen LogP) is 1.74. The number of amides is 2. The van der Waals surface area contributed by atoms with Crippen molar-refractivity contribution < 1.29 is 4.79 Å². The third-order valence-corrected chi connectivity index (χ3v) is 3.01. The average molecular weight is 184 g/mol. The highest BCUT2D eigenvalue weighted by atomic mass is 16.2. The molecule has 0 aromatic rings. The third kappa shape index (κ3) is 2.61. The van der Waals surface area contributed by atoms with Gasteiger partial charge in [0.1, 0.15) is 0 Å². The molecule has 0 bridgehead atoms. The van der Waals surface area contributed by atoms with Crippen LogP contribution in [0.1, 0.15) is 33.6 Å². The van der Waals surface area contributed by atoms with Gasteiger partial charge >= 0.3 is 6.03 Å². The largest absolute Gasteiger partial charge is 0.338 e. The molecule has 0 aromatic carbocycles. The Morgan fingerprint density at radius 3 is 2.62 bits per heavy atom. The van der Waals surface area contributed by atoms with Crippen LogP contribution in [-0.4, -0.2) is 18.6 Å². The molecule has 3 nitrogen and oxygen atoms in total. The SMILES string of the molecule is CCCNC(=O)NC1CC(C)C1C. The molecule has 2 N–H and O–H groups in total. The summed E-state index contributed by atoms with van der Waals surface area (Å²) in [6.07, 6.45) is 2.12. The van der Waals surface area contributed by atoms with Gasteiger partial charge in [0, 0.05) is 12.6 Å². The minimum atomic E-state index is -0.00870. The number of carbonyl (C=O) groups is 1. The highest BCUT2D eigenvalue weighted by Gasteiger charge is 2.34. The highest BCUT2D eigenvalue weighted by Crippen LogP contribution is 2.33. The summed E-state index contributed by atoms with van der Waals surface area (Å²) in [5, 5.41) is 5.80. The number of urea groups is 1. The summed E-state index contributed by atoms with van der Waals surface area (Å²) in [4.78, 5) is 11.2. The minimum absolute atomic E-state index is 0.00870. The molecule has 0 radical (unpaired) electrons. The lowest BCUT2D eigenvalue weighted by atomic mass is 9.71. The van der Waals surface area contributed by atoms with Crippen LogP contribution in [0.5, 0.6) is 0 Å². The van der Waals surface area contributed by atoms with Crippen molar-refractivity contribution in [2.45, 2.75) is 39.7 Å². The maximum Gasteiger partial charge on any atom is 0.315 e. The Hall–Kier alpha value is -0.730. The number of carbonyl (C=O) groups excluding carboxylic acids is 1. The fourth-order valence-corrected chi connectivity index (χ4v) is 1.68. The first-order valence-electron chi connectivity index (χ1n) is 5.19. The Labute approximate surface area is 80.3 Å². The van der Waals surface area contributed by atoms with Crippen molar-refractivity contribution in [2.75, 3.05) is 6.54 Å². The first-order valence-corrected chi connectivity index (χ1v) is 5.19. The zero-order valence-corrected chi connectivity index (χ0v) is 8.76. The minimum Gasteiger partial charge on any atom is -0.338 e. The average Bonchev–Trinajstić information content (AvgIpc) is 2.13. The molecule has 0 aromatic heterocycles. The van der Waals surface area contributed by atoms with E-state index in [0.717, 1.165) is 25.3 Å². The molecule has 3 unspecified atom stereocenters. The van der Waals surface area contributed by atoms with Gasteiger partial charge in [-0.2, -0.15) is 0 Å². The van der Waals surface area contributed by atoms with Crippen molar-refractivity contribution in [3.8, 4) is 0 Å². The summed E-state index contributed by atoms with van der Waals surface area (Å²) in [7, 11) is 0.